The quantitative estimate of drug-likeness (QED) is 0.583. The molecule has 0 aromatic carbocycles. The number of aryl methyl sites for hydroxylation is 1. The molecule has 1 heterocycles. The summed E-state index contributed by atoms with van der Waals surface area (Å²) in [4.78, 5) is 23.3. The fourth-order valence-corrected chi connectivity index (χ4v) is 1.91. The zero-order valence-electron chi connectivity index (χ0n) is 11.7. The van der Waals surface area contributed by atoms with Crippen molar-refractivity contribution in [2.45, 2.75) is 32.9 Å². The molecule has 0 saturated heterocycles. The predicted molar refractivity (Wildman–Crippen MR) is 74.3 cm³/mol. The van der Waals surface area contributed by atoms with Crippen LogP contribution in [0.15, 0.2) is 6.07 Å². The summed E-state index contributed by atoms with van der Waals surface area (Å²) in [5.74, 6) is -1.19. The molecule has 1 aromatic rings. The Balaban J connectivity index is 2.70. The van der Waals surface area contributed by atoms with Crippen LogP contribution in [-0.4, -0.2) is 40.1 Å². The summed E-state index contributed by atoms with van der Waals surface area (Å²) in [7, 11) is 0. The lowest BCUT2D eigenvalue weighted by Crippen LogP contribution is -2.44. The zero-order valence-corrected chi connectivity index (χ0v) is 12.6. The van der Waals surface area contributed by atoms with Gasteiger partial charge in [0, 0.05) is 5.75 Å². The molecule has 0 aliphatic rings. The lowest BCUT2D eigenvalue weighted by molar-refractivity contribution is -0.146. The van der Waals surface area contributed by atoms with Crippen LogP contribution in [0.25, 0.3) is 0 Å². The summed E-state index contributed by atoms with van der Waals surface area (Å²) < 4.78 is 31.2. The van der Waals surface area contributed by atoms with Crippen LogP contribution in [0.2, 0.25) is 0 Å². The smallest absolute Gasteiger partial charge is 0.329 e. The van der Waals surface area contributed by atoms with Gasteiger partial charge < -0.3 is 10.1 Å². The molecule has 9 heteroatoms. The molecule has 1 aromatic heterocycles. The van der Waals surface area contributed by atoms with E-state index in [2.05, 4.69) is 23.0 Å². The highest BCUT2D eigenvalue weighted by molar-refractivity contribution is 7.80. The molecule has 0 aliphatic carbocycles. The number of esters is 1. The van der Waals surface area contributed by atoms with Crippen molar-refractivity contribution in [3.8, 4) is 0 Å². The van der Waals surface area contributed by atoms with Gasteiger partial charge in [-0.3, -0.25) is 9.48 Å². The Morgan fingerprint density at radius 1 is 1.52 bits per heavy atom. The van der Waals surface area contributed by atoms with Crippen molar-refractivity contribution >= 4 is 24.5 Å². The maximum Gasteiger partial charge on any atom is 0.329 e. The van der Waals surface area contributed by atoms with Gasteiger partial charge in [0.15, 0.2) is 0 Å². The Kier molecular flexibility index (Phi) is 6.60. The van der Waals surface area contributed by atoms with E-state index < -0.39 is 30.9 Å². The van der Waals surface area contributed by atoms with E-state index >= 15 is 0 Å². The number of rotatable bonds is 7. The Labute approximate surface area is 126 Å². The van der Waals surface area contributed by atoms with Gasteiger partial charge in [0.05, 0.1) is 12.3 Å². The van der Waals surface area contributed by atoms with Gasteiger partial charge in [-0.1, -0.05) is 0 Å². The minimum absolute atomic E-state index is 0.0460. The number of aromatic nitrogens is 2. The lowest BCUT2D eigenvalue weighted by atomic mass is 10.3. The van der Waals surface area contributed by atoms with E-state index in [1.165, 1.54) is 6.07 Å². The standard InChI is InChI=1S/C12H17F2N3O3S/c1-3-20-12(19)8(6-21)15-10(18)5-17-9(11(13)14)4-7(2)16-17/h4,8,11,21H,3,5-6H2,1-2H3,(H,15,18)/t8-/m0/s1. The number of halogens is 2. The van der Waals surface area contributed by atoms with Crippen molar-refractivity contribution in [3.63, 3.8) is 0 Å². The highest BCUT2D eigenvalue weighted by Gasteiger charge is 2.22. The molecule has 1 amide bonds. The number of ether oxygens (including phenoxy) is 1. The molecule has 6 nitrogen and oxygen atoms in total. The van der Waals surface area contributed by atoms with Gasteiger partial charge in [-0.25, -0.2) is 13.6 Å². The number of nitrogens with one attached hydrogen (secondary N) is 1. The van der Waals surface area contributed by atoms with Gasteiger partial charge in [0.2, 0.25) is 5.91 Å². The molecule has 0 fully saturated rings. The van der Waals surface area contributed by atoms with Gasteiger partial charge in [-0.15, -0.1) is 0 Å². The topological polar surface area (TPSA) is 73.2 Å². The van der Waals surface area contributed by atoms with Crippen molar-refractivity contribution in [3.05, 3.63) is 17.5 Å². The molecule has 0 bridgehead atoms. The number of alkyl halides is 2. The van der Waals surface area contributed by atoms with Crippen LogP contribution in [0.4, 0.5) is 8.78 Å². The molecular formula is C12H17F2N3O3S. The minimum Gasteiger partial charge on any atom is -0.464 e. The Morgan fingerprint density at radius 3 is 2.71 bits per heavy atom. The van der Waals surface area contributed by atoms with Gasteiger partial charge in [-0.2, -0.15) is 17.7 Å². The van der Waals surface area contributed by atoms with Crippen molar-refractivity contribution < 1.29 is 23.1 Å². The molecule has 21 heavy (non-hydrogen) atoms. The highest BCUT2D eigenvalue weighted by atomic mass is 32.1. The number of thiol groups is 1. The summed E-state index contributed by atoms with van der Waals surface area (Å²) in [5, 5.41) is 6.21. The van der Waals surface area contributed by atoms with Crippen LogP contribution in [0.3, 0.4) is 0 Å². The number of hydrogen-bond donors (Lipinski definition) is 2. The van der Waals surface area contributed by atoms with E-state index in [1.807, 2.05) is 0 Å². The summed E-state index contributed by atoms with van der Waals surface area (Å²) in [5.41, 5.74) is 0.0375. The Bertz CT molecular complexity index is 508. The average molecular weight is 321 g/mol. The van der Waals surface area contributed by atoms with Crippen LogP contribution >= 0.6 is 12.6 Å². The first-order valence-electron chi connectivity index (χ1n) is 6.28. The fourth-order valence-electron chi connectivity index (χ4n) is 1.67. The number of amides is 1. The first kappa shape index (κ1) is 17.4. The van der Waals surface area contributed by atoms with Crippen LogP contribution in [0, 0.1) is 6.92 Å². The van der Waals surface area contributed by atoms with Crippen LogP contribution < -0.4 is 5.32 Å². The summed E-state index contributed by atoms with van der Waals surface area (Å²) in [6.45, 7) is 2.95. The third-order valence-corrected chi connectivity index (χ3v) is 2.90. The van der Waals surface area contributed by atoms with Crippen molar-refractivity contribution in [1.29, 1.82) is 0 Å². The molecular weight excluding hydrogens is 304 g/mol. The average Bonchev–Trinajstić information content (AvgIpc) is 2.77. The fraction of sp³-hybridized carbons (Fsp3) is 0.583. The number of nitrogens with zero attached hydrogens (tertiary/aromatic N) is 2. The second-order valence-corrected chi connectivity index (χ2v) is 4.59. The van der Waals surface area contributed by atoms with Gasteiger partial charge in [0.25, 0.3) is 6.43 Å². The largest absolute Gasteiger partial charge is 0.464 e. The molecule has 1 N–H and O–H groups in total. The van der Waals surface area contributed by atoms with Crippen LogP contribution in [-0.2, 0) is 20.9 Å². The molecule has 118 valence electrons. The molecule has 0 spiro atoms. The van der Waals surface area contributed by atoms with Gasteiger partial charge in [0.1, 0.15) is 18.3 Å². The third-order valence-electron chi connectivity index (χ3n) is 2.54. The SMILES string of the molecule is CCOC(=O)[C@H](CS)NC(=O)Cn1nc(C)cc1C(F)F. The molecule has 1 rings (SSSR count). The molecule has 1 atom stereocenters. The van der Waals surface area contributed by atoms with E-state index in [0.29, 0.717) is 5.69 Å². The summed E-state index contributed by atoms with van der Waals surface area (Å²) in [6.07, 6.45) is -2.73. The zero-order chi connectivity index (χ0) is 16.0. The molecule has 0 unspecified atom stereocenters. The molecule has 0 saturated carbocycles. The first-order chi connectivity index (χ1) is 9.88. The minimum atomic E-state index is -2.73. The first-order valence-corrected chi connectivity index (χ1v) is 6.91. The van der Waals surface area contributed by atoms with Crippen molar-refractivity contribution in [1.82, 2.24) is 15.1 Å². The maximum absolute atomic E-state index is 12.8. The Hall–Kier alpha value is -1.64. The van der Waals surface area contributed by atoms with E-state index in [0.717, 1.165) is 4.68 Å². The molecule has 0 radical (unpaired) electrons. The summed E-state index contributed by atoms with van der Waals surface area (Å²) in [6, 6.07) is 0.284. The van der Waals surface area contributed by atoms with E-state index in [4.69, 9.17) is 4.74 Å². The predicted octanol–water partition coefficient (Wildman–Crippen LogP) is 1.11. The maximum atomic E-state index is 12.8. The van der Waals surface area contributed by atoms with E-state index in [1.54, 1.807) is 13.8 Å². The monoisotopic (exact) mass is 321 g/mol. The second-order valence-electron chi connectivity index (χ2n) is 4.22. The van der Waals surface area contributed by atoms with Crippen LogP contribution in [0.1, 0.15) is 24.7 Å². The van der Waals surface area contributed by atoms with Gasteiger partial charge >= 0.3 is 5.97 Å². The number of hydrogen-bond acceptors (Lipinski definition) is 5. The van der Waals surface area contributed by atoms with E-state index in [9.17, 15) is 18.4 Å². The van der Waals surface area contributed by atoms with Crippen LogP contribution in [0.5, 0.6) is 0 Å². The normalized spacial score (nSPS) is 12.3. The second kappa shape index (κ2) is 7.96. The van der Waals surface area contributed by atoms with Crippen molar-refractivity contribution in [2.75, 3.05) is 12.4 Å². The van der Waals surface area contributed by atoms with Crippen molar-refractivity contribution in [2.24, 2.45) is 0 Å². The number of carbonyl (C=O) groups is 2. The van der Waals surface area contributed by atoms with E-state index in [-0.39, 0.29) is 18.1 Å². The summed E-state index contributed by atoms with van der Waals surface area (Å²) >= 11 is 3.95. The highest BCUT2D eigenvalue weighted by Crippen LogP contribution is 2.19. The lowest BCUT2D eigenvalue weighted by Gasteiger charge is -2.15. The van der Waals surface area contributed by atoms with Gasteiger partial charge in [-0.05, 0) is 19.9 Å². The third kappa shape index (κ3) is 5.00. The Morgan fingerprint density at radius 2 is 2.19 bits per heavy atom. The number of carbonyl (C=O) groups excluding carboxylic acids is 2. The molecule has 0 aliphatic heterocycles.